The summed E-state index contributed by atoms with van der Waals surface area (Å²) in [6.07, 6.45) is 1.51. The second-order valence-electron chi connectivity index (χ2n) is 10.5. The molecule has 9 nitrogen and oxygen atoms in total. The molecule has 1 heterocycles. The van der Waals surface area contributed by atoms with Crippen LogP contribution >= 0.6 is 0 Å². The zero-order chi connectivity index (χ0) is 30.6. The Balaban J connectivity index is 1.51. The highest BCUT2D eigenvalue weighted by molar-refractivity contribution is 6.01. The van der Waals surface area contributed by atoms with Crippen LogP contribution in [0, 0.1) is 0 Å². The van der Waals surface area contributed by atoms with Crippen LogP contribution in [0.3, 0.4) is 0 Å². The molecule has 0 unspecified atom stereocenters. The fourth-order valence-corrected chi connectivity index (χ4v) is 5.31. The van der Waals surface area contributed by atoms with Crippen LogP contribution in [-0.2, 0) is 22.4 Å². The Morgan fingerprint density at radius 1 is 0.932 bits per heavy atom. The van der Waals surface area contributed by atoms with E-state index in [0.29, 0.717) is 48.0 Å². The van der Waals surface area contributed by atoms with E-state index in [9.17, 15) is 10.3 Å². The summed E-state index contributed by atoms with van der Waals surface area (Å²) in [5.41, 5.74) is 11.7. The Morgan fingerprint density at radius 2 is 1.61 bits per heavy atom. The molecule has 44 heavy (non-hydrogen) atoms. The molecule has 2 N–H and O–H groups in total. The number of ether oxygens (including phenoxy) is 2. The Labute approximate surface area is 256 Å². The van der Waals surface area contributed by atoms with Gasteiger partial charge in [0.1, 0.15) is 5.75 Å². The molecule has 0 saturated carbocycles. The van der Waals surface area contributed by atoms with Crippen LogP contribution in [0.5, 0.6) is 5.75 Å². The van der Waals surface area contributed by atoms with E-state index in [4.69, 9.17) is 19.6 Å². The number of nitrogens with one attached hydrogen (secondary N) is 1. The highest BCUT2D eigenvalue weighted by Gasteiger charge is 2.53. The number of aliphatic hydroxyl groups excluding tert-OH is 1. The number of azide groups is 1. The van der Waals surface area contributed by atoms with Gasteiger partial charge in [-0.25, -0.2) is 4.99 Å². The van der Waals surface area contributed by atoms with Crippen molar-refractivity contribution in [2.24, 2.45) is 10.1 Å². The van der Waals surface area contributed by atoms with E-state index in [1.54, 1.807) is 12.1 Å². The lowest BCUT2D eigenvalue weighted by atomic mass is 9.81. The van der Waals surface area contributed by atoms with Crippen molar-refractivity contribution in [1.82, 2.24) is 5.32 Å². The van der Waals surface area contributed by atoms with Crippen LogP contribution in [-0.4, -0.2) is 42.2 Å². The number of aryl methyl sites for hydroxylation is 1. The molecular weight excluding hydrogens is 554 g/mol. The zero-order valence-electron chi connectivity index (χ0n) is 24.4. The fourth-order valence-electron chi connectivity index (χ4n) is 5.31. The van der Waals surface area contributed by atoms with Crippen LogP contribution in [0.2, 0.25) is 0 Å². The second kappa shape index (κ2) is 14.9. The van der Waals surface area contributed by atoms with Gasteiger partial charge in [0.25, 0.3) is 5.91 Å². The molecule has 0 radical (unpaired) electrons. The van der Waals surface area contributed by atoms with Gasteiger partial charge < -0.3 is 19.9 Å². The van der Waals surface area contributed by atoms with Gasteiger partial charge in [-0.1, -0.05) is 90.0 Å². The summed E-state index contributed by atoms with van der Waals surface area (Å²) in [6, 6.07) is 34.3. The molecule has 0 spiro atoms. The molecule has 4 aromatic rings. The average molecular weight is 590 g/mol. The van der Waals surface area contributed by atoms with Crippen LogP contribution < -0.4 is 10.1 Å². The van der Waals surface area contributed by atoms with Crippen molar-refractivity contribution in [3.05, 3.63) is 142 Å². The first-order chi connectivity index (χ1) is 21.6. The van der Waals surface area contributed by atoms with Crippen LogP contribution in [0.1, 0.15) is 41.2 Å². The van der Waals surface area contributed by atoms with Gasteiger partial charge in [-0.15, -0.1) is 0 Å². The Bertz CT molecular complexity index is 1610. The summed E-state index contributed by atoms with van der Waals surface area (Å²) in [5, 5.41) is 16.1. The second-order valence-corrected chi connectivity index (χ2v) is 10.5. The SMILES string of the molecule is [N-]=[N+]=Nc1ccccc1[C@H]1OC(c2ccc(OCCCO)cc2)=N[C@@]1(Cc1ccccc1)C(=O)NCCCc1ccccc1. The number of nitrogens with zero attached hydrogens (tertiary/aromatic N) is 4. The van der Waals surface area contributed by atoms with Crippen LogP contribution in [0.25, 0.3) is 10.4 Å². The molecule has 0 saturated heterocycles. The average Bonchev–Trinajstić information content (AvgIpc) is 3.45. The van der Waals surface area contributed by atoms with E-state index < -0.39 is 11.6 Å². The number of carbonyl (C=O) groups excluding carboxylic acids is 1. The molecule has 5 rings (SSSR count). The minimum absolute atomic E-state index is 0.0548. The third kappa shape index (κ3) is 7.26. The first-order valence-electron chi connectivity index (χ1n) is 14.7. The number of hydrogen-bond acceptors (Lipinski definition) is 6. The van der Waals surface area contributed by atoms with Gasteiger partial charge in [-0.3, -0.25) is 4.79 Å². The number of amides is 1. The lowest BCUT2D eigenvalue weighted by Crippen LogP contribution is -2.50. The molecule has 4 aromatic carbocycles. The van der Waals surface area contributed by atoms with Crippen molar-refractivity contribution >= 4 is 17.5 Å². The smallest absolute Gasteiger partial charge is 0.252 e. The third-order valence-corrected chi connectivity index (χ3v) is 7.49. The van der Waals surface area contributed by atoms with Crippen molar-refractivity contribution in [2.75, 3.05) is 19.8 Å². The third-order valence-electron chi connectivity index (χ3n) is 7.49. The first-order valence-corrected chi connectivity index (χ1v) is 14.7. The Hall–Kier alpha value is -5.11. The Morgan fingerprint density at radius 3 is 2.32 bits per heavy atom. The standard InChI is InChI=1S/C35H35N5O4/c36-40-39-31-17-8-7-16-30(31)32-35(25-27-13-5-2-6-14-27,34(42)37-22-9-15-26-11-3-1-4-12-26)38-33(44-32)28-18-20-29(21-19-28)43-24-10-23-41/h1-8,11-14,16-21,32,41H,9-10,15,22-25H2,(H,37,42)/t32-,35-/m1/s1. The monoisotopic (exact) mass is 589 g/mol. The molecule has 2 atom stereocenters. The maximum Gasteiger partial charge on any atom is 0.252 e. The van der Waals surface area contributed by atoms with E-state index in [-0.39, 0.29) is 18.9 Å². The molecule has 9 heteroatoms. The minimum atomic E-state index is -1.39. The van der Waals surface area contributed by atoms with E-state index in [1.165, 1.54) is 5.56 Å². The van der Waals surface area contributed by atoms with Gasteiger partial charge in [0.2, 0.25) is 5.90 Å². The summed E-state index contributed by atoms with van der Waals surface area (Å²) in [7, 11) is 0. The summed E-state index contributed by atoms with van der Waals surface area (Å²) in [6.45, 7) is 0.912. The van der Waals surface area contributed by atoms with Gasteiger partial charge in [0, 0.05) is 47.7 Å². The molecule has 0 aliphatic carbocycles. The maximum atomic E-state index is 14.4. The number of aliphatic hydroxyl groups is 1. The fraction of sp³-hybridized carbons (Fsp3) is 0.257. The summed E-state index contributed by atoms with van der Waals surface area (Å²) >= 11 is 0. The quantitative estimate of drug-likeness (QED) is 0.0739. The molecule has 1 aliphatic rings. The van der Waals surface area contributed by atoms with Gasteiger partial charge in [0.05, 0.1) is 6.61 Å². The van der Waals surface area contributed by atoms with Crippen molar-refractivity contribution < 1.29 is 19.4 Å². The molecule has 224 valence electrons. The van der Waals surface area contributed by atoms with Crippen molar-refractivity contribution in [1.29, 1.82) is 0 Å². The molecule has 1 amide bonds. The van der Waals surface area contributed by atoms with Gasteiger partial charge >= 0.3 is 0 Å². The van der Waals surface area contributed by atoms with E-state index >= 15 is 0 Å². The van der Waals surface area contributed by atoms with Gasteiger partial charge in [0.15, 0.2) is 11.6 Å². The van der Waals surface area contributed by atoms with E-state index in [0.717, 1.165) is 18.4 Å². The number of carbonyl (C=O) groups is 1. The highest BCUT2D eigenvalue weighted by Crippen LogP contribution is 2.45. The van der Waals surface area contributed by atoms with Gasteiger partial charge in [-0.05, 0) is 53.8 Å². The summed E-state index contributed by atoms with van der Waals surface area (Å²) in [4.78, 5) is 22.5. The number of rotatable bonds is 14. The predicted molar refractivity (Wildman–Crippen MR) is 170 cm³/mol. The zero-order valence-corrected chi connectivity index (χ0v) is 24.4. The van der Waals surface area contributed by atoms with Crippen molar-refractivity contribution in [2.45, 2.75) is 37.3 Å². The lowest BCUT2D eigenvalue weighted by molar-refractivity contribution is -0.128. The number of aliphatic imine (C=N–C) groups is 1. The Kier molecular flexibility index (Phi) is 10.3. The highest BCUT2D eigenvalue weighted by atomic mass is 16.5. The number of hydrogen-bond donors (Lipinski definition) is 2. The normalized spacial score (nSPS) is 17.2. The van der Waals surface area contributed by atoms with Crippen molar-refractivity contribution in [3.8, 4) is 5.75 Å². The van der Waals surface area contributed by atoms with Crippen molar-refractivity contribution in [3.63, 3.8) is 0 Å². The van der Waals surface area contributed by atoms with Crippen LogP contribution in [0.15, 0.2) is 119 Å². The van der Waals surface area contributed by atoms with Crippen LogP contribution in [0.4, 0.5) is 5.69 Å². The lowest BCUT2D eigenvalue weighted by Gasteiger charge is -2.31. The molecule has 0 bridgehead atoms. The summed E-state index contributed by atoms with van der Waals surface area (Å²) in [5.74, 6) is 0.690. The topological polar surface area (TPSA) is 129 Å². The molecule has 0 fully saturated rings. The largest absolute Gasteiger partial charge is 0.494 e. The molecule has 1 aliphatic heterocycles. The maximum absolute atomic E-state index is 14.4. The summed E-state index contributed by atoms with van der Waals surface area (Å²) < 4.78 is 12.3. The molecular formula is C35H35N5O4. The number of benzene rings is 4. The molecule has 0 aromatic heterocycles. The van der Waals surface area contributed by atoms with E-state index in [2.05, 4.69) is 27.5 Å². The first kappa shape index (κ1) is 30.4. The predicted octanol–water partition coefficient (Wildman–Crippen LogP) is 6.64. The van der Waals surface area contributed by atoms with E-state index in [1.807, 2.05) is 84.9 Å². The van der Waals surface area contributed by atoms with Gasteiger partial charge in [-0.2, -0.15) is 0 Å². The minimum Gasteiger partial charge on any atom is -0.494 e.